The molecular formula is C19H27FN4S2. The van der Waals surface area contributed by atoms with Gasteiger partial charge in [-0.3, -0.25) is 0 Å². The molecule has 26 heavy (non-hydrogen) atoms. The zero-order valence-electron chi connectivity index (χ0n) is 15.6. The number of thioether (sulfide) groups is 1. The first-order chi connectivity index (χ1) is 12.7. The number of hydrogen-bond donors (Lipinski definition) is 2. The van der Waals surface area contributed by atoms with Gasteiger partial charge in [0.15, 0.2) is 5.96 Å². The number of hydrogen-bond acceptors (Lipinski definition) is 4. The summed E-state index contributed by atoms with van der Waals surface area (Å²) in [5, 5.41) is 9.92. The summed E-state index contributed by atoms with van der Waals surface area (Å²) in [6, 6.07) is 4.94. The van der Waals surface area contributed by atoms with Crippen LogP contribution in [-0.2, 0) is 25.1 Å². The Labute approximate surface area is 163 Å². The second kappa shape index (κ2) is 11.2. The van der Waals surface area contributed by atoms with Crippen LogP contribution in [0.1, 0.15) is 35.7 Å². The monoisotopic (exact) mass is 394 g/mol. The maximum Gasteiger partial charge on any atom is 0.191 e. The molecule has 2 aromatic rings. The number of rotatable bonds is 9. The number of thiazole rings is 1. The van der Waals surface area contributed by atoms with Crippen molar-refractivity contribution in [2.24, 2.45) is 4.99 Å². The van der Waals surface area contributed by atoms with Crippen molar-refractivity contribution in [1.82, 2.24) is 15.6 Å². The second-order valence-electron chi connectivity index (χ2n) is 5.80. The predicted molar refractivity (Wildman–Crippen MR) is 112 cm³/mol. The van der Waals surface area contributed by atoms with Crippen molar-refractivity contribution >= 4 is 29.1 Å². The molecule has 0 amide bonds. The molecular weight excluding hydrogens is 367 g/mol. The summed E-state index contributed by atoms with van der Waals surface area (Å²) in [6.07, 6.45) is 3.87. The van der Waals surface area contributed by atoms with Crippen LogP contribution < -0.4 is 10.6 Å². The van der Waals surface area contributed by atoms with Crippen LogP contribution in [0.2, 0.25) is 0 Å². The van der Waals surface area contributed by atoms with Crippen molar-refractivity contribution in [2.45, 2.75) is 39.0 Å². The second-order valence-corrected chi connectivity index (χ2v) is 7.61. The van der Waals surface area contributed by atoms with Gasteiger partial charge >= 0.3 is 0 Å². The van der Waals surface area contributed by atoms with Crippen molar-refractivity contribution in [3.8, 4) is 0 Å². The standard InChI is InChI=1S/C19H27FN4S2/c1-4-18-24-17(13-26-18)8-9-22-19(21-5-2)23-11-14-6-7-16(20)10-15(14)12-25-3/h6-7,10,13H,4-5,8-9,11-12H2,1-3H3,(H2,21,22,23). The molecule has 2 rings (SSSR count). The fraction of sp³-hybridized carbons (Fsp3) is 0.474. The Kier molecular flexibility index (Phi) is 8.91. The van der Waals surface area contributed by atoms with Gasteiger partial charge in [-0.1, -0.05) is 13.0 Å². The van der Waals surface area contributed by atoms with E-state index in [-0.39, 0.29) is 5.82 Å². The first kappa shape index (κ1) is 20.7. The Morgan fingerprint density at radius 3 is 2.81 bits per heavy atom. The predicted octanol–water partition coefficient (Wildman–Crippen LogP) is 4.01. The fourth-order valence-electron chi connectivity index (χ4n) is 2.48. The normalized spacial score (nSPS) is 11.6. The van der Waals surface area contributed by atoms with Gasteiger partial charge in [0.2, 0.25) is 0 Å². The van der Waals surface area contributed by atoms with E-state index in [2.05, 4.69) is 32.9 Å². The van der Waals surface area contributed by atoms with Crippen molar-refractivity contribution in [2.75, 3.05) is 19.3 Å². The van der Waals surface area contributed by atoms with Crippen LogP contribution in [-0.4, -0.2) is 30.3 Å². The van der Waals surface area contributed by atoms with Crippen LogP contribution in [0.5, 0.6) is 0 Å². The van der Waals surface area contributed by atoms with E-state index in [1.807, 2.05) is 19.2 Å². The van der Waals surface area contributed by atoms with E-state index in [4.69, 9.17) is 0 Å². The zero-order chi connectivity index (χ0) is 18.8. The minimum Gasteiger partial charge on any atom is -0.357 e. The van der Waals surface area contributed by atoms with Gasteiger partial charge in [-0.05, 0) is 42.9 Å². The number of aryl methyl sites for hydroxylation is 1. The Morgan fingerprint density at radius 1 is 1.27 bits per heavy atom. The summed E-state index contributed by atoms with van der Waals surface area (Å²) in [5.41, 5.74) is 3.19. The highest BCUT2D eigenvalue weighted by molar-refractivity contribution is 7.97. The number of benzene rings is 1. The lowest BCUT2D eigenvalue weighted by molar-refractivity contribution is 0.625. The largest absolute Gasteiger partial charge is 0.357 e. The first-order valence-corrected chi connectivity index (χ1v) is 11.1. The molecule has 1 heterocycles. The summed E-state index contributed by atoms with van der Waals surface area (Å²) >= 11 is 3.40. The van der Waals surface area contributed by atoms with Crippen LogP contribution in [0, 0.1) is 5.82 Å². The van der Waals surface area contributed by atoms with Gasteiger partial charge in [-0.25, -0.2) is 14.4 Å². The van der Waals surface area contributed by atoms with Gasteiger partial charge in [0.25, 0.3) is 0 Å². The highest BCUT2D eigenvalue weighted by atomic mass is 32.2. The van der Waals surface area contributed by atoms with Crippen molar-refractivity contribution in [3.05, 3.63) is 51.2 Å². The van der Waals surface area contributed by atoms with Crippen LogP contribution >= 0.6 is 23.1 Å². The van der Waals surface area contributed by atoms with E-state index < -0.39 is 0 Å². The Balaban J connectivity index is 1.95. The molecule has 1 aromatic heterocycles. The van der Waals surface area contributed by atoms with Gasteiger partial charge < -0.3 is 10.6 Å². The molecule has 7 heteroatoms. The lowest BCUT2D eigenvalue weighted by Gasteiger charge is -2.12. The molecule has 0 atom stereocenters. The minimum absolute atomic E-state index is 0.193. The molecule has 0 aliphatic heterocycles. The van der Waals surface area contributed by atoms with Crippen molar-refractivity contribution in [1.29, 1.82) is 0 Å². The Morgan fingerprint density at radius 2 is 2.12 bits per heavy atom. The molecule has 0 aliphatic rings. The molecule has 0 saturated carbocycles. The Bertz CT molecular complexity index is 715. The van der Waals surface area contributed by atoms with Gasteiger partial charge in [0, 0.05) is 30.6 Å². The number of guanidine groups is 1. The molecule has 0 unspecified atom stereocenters. The molecule has 0 saturated heterocycles. The quantitative estimate of drug-likeness (QED) is 0.498. The molecule has 4 nitrogen and oxygen atoms in total. The van der Waals surface area contributed by atoms with Crippen LogP contribution in [0.15, 0.2) is 28.6 Å². The van der Waals surface area contributed by atoms with Crippen molar-refractivity contribution in [3.63, 3.8) is 0 Å². The van der Waals surface area contributed by atoms with E-state index in [0.717, 1.165) is 54.5 Å². The summed E-state index contributed by atoms with van der Waals surface area (Å²) in [5.74, 6) is 1.37. The van der Waals surface area contributed by atoms with E-state index in [9.17, 15) is 4.39 Å². The zero-order valence-corrected chi connectivity index (χ0v) is 17.3. The van der Waals surface area contributed by atoms with Gasteiger partial charge in [-0.15, -0.1) is 11.3 Å². The summed E-state index contributed by atoms with van der Waals surface area (Å²) in [7, 11) is 0. The fourth-order valence-corrected chi connectivity index (χ4v) is 3.84. The summed E-state index contributed by atoms with van der Waals surface area (Å²) in [4.78, 5) is 9.24. The number of aromatic nitrogens is 1. The van der Waals surface area contributed by atoms with Crippen molar-refractivity contribution < 1.29 is 4.39 Å². The SMILES string of the molecule is CCNC(=NCc1ccc(F)cc1CSC)NCCc1csc(CC)n1. The van der Waals surface area contributed by atoms with Crippen LogP contribution in [0.3, 0.4) is 0 Å². The van der Waals surface area contributed by atoms with E-state index in [0.29, 0.717) is 6.54 Å². The highest BCUT2D eigenvalue weighted by Crippen LogP contribution is 2.17. The number of nitrogens with one attached hydrogen (secondary N) is 2. The molecule has 0 fully saturated rings. The Hall–Kier alpha value is -1.60. The topological polar surface area (TPSA) is 49.3 Å². The first-order valence-electron chi connectivity index (χ1n) is 8.88. The molecule has 142 valence electrons. The third kappa shape index (κ3) is 6.61. The molecule has 2 N–H and O–H groups in total. The van der Waals surface area contributed by atoms with Gasteiger partial charge in [-0.2, -0.15) is 11.8 Å². The molecule has 0 bridgehead atoms. The average Bonchev–Trinajstić information content (AvgIpc) is 3.09. The van der Waals surface area contributed by atoms with Gasteiger partial charge in [0.05, 0.1) is 17.2 Å². The lowest BCUT2D eigenvalue weighted by Crippen LogP contribution is -2.38. The molecule has 1 aromatic carbocycles. The average molecular weight is 395 g/mol. The summed E-state index contributed by atoms with van der Waals surface area (Å²) < 4.78 is 13.5. The number of nitrogens with zero attached hydrogens (tertiary/aromatic N) is 2. The highest BCUT2D eigenvalue weighted by Gasteiger charge is 2.05. The molecule has 0 aliphatic carbocycles. The van der Waals surface area contributed by atoms with E-state index >= 15 is 0 Å². The number of aliphatic imine (C=N–C) groups is 1. The summed E-state index contributed by atoms with van der Waals surface area (Å²) in [6.45, 7) is 6.27. The minimum atomic E-state index is -0.193. The van der Waals surface area contributed by atoms with Crippen LogP contribution in [0.4, 0.5) is 4.39 Å². The smallest absolute Gasteiger partial charge is 0.191 e. The maximum atomic E-state index is 13.5. The number of halogens is 1. The van der Waals surface area contributed by atoms with Gasteiger partial charge in [0.1, 0.15) is 5.82 Å². The maximum absolute atomic E-state index is 13.5. The van der Waals surface area contributed by atoms with E-state index in [1.165, 1.54) is 11.1 Å². The third-order valence-electron chi connectivity index (χ3n) is 3.80. The van der Waals surface area contributed by atoms with E-state index in [1.54, 1.807) is 29.2 Å². The lowest BCUT2D eigenvalue weighted by atomic mass is 10.1. The van der Waals surface area contributed by atoms with Crippen LogP contribution in [0.25, 0.3) is 0 Å². The third-order valence-corrected chi connectivity index (χ3v) is 5.44. The molecule has 0 radical (unpaired) electrons. The molecule has 0 spiro atoms.